The number of carbonyl (C=O) groups is 1. The SMILES string of the molecule is COc1ccc(C[NH+]2CC[NH+]([C@@H](C)C(=O)N(C)Cc3cccc(F)c3)CC2)cc1. The number of methoxy groups -OCH3 is 1. The van der Waals surface area contributed by atoms with Gasteiger partial charge < -0.3 is 19.4 Å². The van der Waals surface area contributed by atoms with Crippen molar-refractivity contribution >= 4 is 5.91 Å². The number of carbonyl (C=O) groups excluding carboxylic acids is 1. The van der Waals surface area contributed by atoms with Crippen molar-refractivity contribution in [3.63, 3.8) is 0 Å². The molecular formula is C23H32FN3O2+2. The van der Waals surface area contributed by atoms with E-state index >= 15 is 0 Å². The van der Waals surface area contributed by atoms with Crippen LogP contribution in [0.4, 0.5) is 4.39 Å². The molecule has 0 radical (unpaired) electrons. The lowest BCUT2D eigenvalue weighted by molar-refractivity contribution is -1.02. The van der Waals surface area contributed by atoms with E-state index in [1.54, 1.807) is 30.0 Å². The molecule has 29 heavy (non-hydrogen) atoms. The summed E-state index contributed by atoms with van der Waals surface area (Å²) in [5, 5.41) is 0. The van der Waals surface area contributed by atoms with Gasteiger partial charge in [0.1, 0.15) is 44.3 Å². The minimum atomic E-state index is -0.266. The Kier molecular flexibility index (Phi) is 7.23. The Hall–Kier alpha value is -2.44. The van der Waals surface area contributed by atoms with Crippen LogP contribution in [-0.2, 0) is 17.9 Å². The van der Waals surface area contributed by atoms with Crippen LogP contribution in [0.25, 0.3) is 0 Å². The van der Waals surface area contributed by atoms with Gasteiger partial charge in [-0.25, -0.2) is 4.39 Å². The monoisotopic (exact) mass is 401 g/mol. The first kappa shape index (κ1) is 21.3. The summed E-state index contributed by atoms with van der Waals surface area (Å²) in [6, 6.07) is 14.6. The van der Waals surface area contributed by atoms with E-state index in [9.17, 15) is 9.18 Å². The van der Waals surface area contributed by atoms with Crippen molar-refractivity contribution in [2.45, 2.75) is 26.1 Å². The highest BCUT2D eigenvalue weighted by molar-refractivity contribution is 5.79. The Morgan fingerprint density at radius 1 is 1.10 bits per heavy atom. The minimum Gasteiger partial charge on any atom is -0.497 e. The molecule has 1 heterocycles. The first-order valence-electron chi connectivity index (χ1n) is 10.3. The van der Waals surface area contributed by atoms with Gasteiger partial charge in [-0.05, 0) is 48.9 Å². The zero-order valence-electron chi connectivity index (χ0n) is 17.6. The summed E-state index contributed by atoms with van der Waals surface area (Å²) >= 11 is 0. The summed E-state index contributed by atoms with van der Waals surface area (Å²) in [5.74, 6) is 0.730. The Labute approximate surface area is 172 Å². The number of halogens is 1. The first-order valence-corrected chi connectivity index (χ1v) is 10.3. The molecule has 3 rings (SSSR count). The van der Waals surface area contributed by atoms with Crippen molar-refractivity contribution in [1.29, 1.82) is 0 Å². The quantitative estimate of drug-likeness (QED) is 0.694. The number of hydrogen-bond donors (Lipinski definition) is 2. The molecule has 0 bridgehead atoms. The number of piperazine rings is 1. The van der Waals surface area contributed by atoms with Gasteiger partial charge in [-0.2, -0.15) is 0 Å². The third-order valence-electron chi connectivity index (χ3n) is 5.88. The van der Waals surface area contributed by atoms with Crippen molar-refractivity contribution < 1.29 is 23.7 Å². The normalized spacial score (nSPS) is 20.1. The molecule has 1 aliphatic heterocycles. The summed E-state index contributed by atoms with van der Waals surface area (Å²) in [5.41, 5.74) is 2.13. The highest BCUT2D eigenvalue weighted by atomic mass is 19.1. The van der Waals surface area contributed by atoms with Crippen LogP contribution >= 0.6 is 0 Å². The average Bonchev–Trinajstić information content (AvgIpc) is 2.74. The standard InChI is InChI=1S/C23H30FN3O2/c1-18(23(28)25(2)16-20-5-4-6-21(24)15-20)27-13-11-26(12-14-27)17-19-7-9-22(29-3)10-8-19/h4-10,15,18H,11-14,16-17H2,1-3H3/p+2/t18-/m0/s1. The van der Waals surface area contributed by atoms with E-state index in [4.69, 9.17) is 4.74 Å². The minimum absolute atomic E-state index is 0.0869. The molecule has 6 heteroatoms. The van der Waals surface area contributed by atoms with Crippen molar-refractivity contribution in [3.05, 3.63) is 65.5 Å². The Balaban J connectivity index is 1.48. The summed E-state index contributed by atoms with van der Waals surface area (Å²) in [4.78, 5) is 17.4. The molecule has 1 amide bonds. The van der Waals surface area contributed by atoms with Crippen molar-refractivity contribution in [3.8, 4) is 5.75 Å². The van der Waals surface area contributed by atoms with E-state index in [-0.39, 0.29) is 17.8 Å². The maximum atomic E-state index is 13.4. The molecule has 2 aromatic rings. The van der Waals surface area contributed by atoms with E-state index in [1.165, 1.54) is 22.6 Å². The topological polar surface area (TPSA) is 38.4 Å². The zero-order valence-corrected chi connectivity index (χ0v) is 17.6. The second-order valence-electron chi connectivity index (χ2n) is 7.98. The molecule has 1 fully saturated rings. The van der Waals surface area contributed by atoms with Gasteiger partial charge in [-0.3, -0.25) is 4.79 Å². The second kappa shape index (κ2) is 9.85. The molecule has 5 nitrogen and oxygen atoms in total. The number of amides is 1. The van der Waals surface area contributed by atoms with Crippen LogP contribution in [0.2, 0.25) is 0 Å². The number of nitrogens with one attached hydrogen (secondary N) is 2. The predicted octanol–water partition coefficient (Wildman–Crippen LogP) is 0.165. The summed E-state index contributed by atoms with van der Waals surface area (Å²) in [6.45, 7) is 7.49. The van der Waals surface area contributed by atoms with Gasteiger partial charge >= 0.3 is 0 Å². The molecule has 1 aliphatic rings. The van der Waals surface area contributed by atoms with E-state index in [0.29, 0.717) is 6.54 Å². The maximum Gasteiger partial charge on any atom is 0.280 e. The third kappa shape index (κ3) is 5.78. The largest absolute Gasteiger partial charge is 0.497 e. The highest BCUT2D eigenvalue weighted by Crippen LogP contribution is 2.10. The maximum absolute atomic E-state index is 13.4. The number of nitrogens with zero attached hydrogens (tertiary/aromatic N) is 1. The third-order valence-corrected chi connectivity index (χ3v) is 5.88. The number of quaternary nitrogens is 2. The Morgan fingerprint density at radius 3 is 2.41 bits per heavy atom. The van der Waals surface area contributed by atoms with E-state index in [1.807, 2.05) is 25.1 Å². The van der Waals surface area contributed by atoms with Crippen LogP contribution in [0.15, 0.2) is 48.5 Å². The number of ether oxygens (including phenoxy) is 1. The summed E-state index contributed by atoms with van der Waals surface area (Å²) in [7, 11) is 3.48. The number of benzene rings is 2. The molecule has 0 spiro atoms. The van der Waals surface area contributed by atoms with Gasteiger partial charge in [0.15, 0.2) is 6.04 Å². The van der Waals surface area contributed by atoms with Gasteiger partial charge in [0.2, 0.25) is 0 Å². The van der Waals surface area contributed by atoms with Gasteiger partial charge in [-0.1, -0.05) is 12.1 Å². The lowest BCUT2D eigenvalue weighted by atomic mass is 10.1. The second-order valence-corrected chi connectivity index (χ2v) is 7.98. The van der Waals surface area contributed by atoms with E-state index in [0.717, 1.165) is 44.0 Å². The molecule has 156 valence electrons. The lowest BCUT2D eigenvalue weighted by Gasteiger charge is -2.34. The fourth-order valence-electron chi connectivity index (χ4n) is 4.06. The molecule has 0 aromatic heterocycles. The molecule has 2 N–H and O–H groups in total. The van der Waals surface area contributed by atoms with Crippen LogP contribution in [0.5, 0.6) is 5.75 Å². The molecule has 0 aliphatic carbocycles. The predicted molar refractivity (Wildman–Crippen MR) is 110 cm³/mol. The summed E-state index contributed by atoms with van der Waals surface area (Å²) < 4.78 is 18.6. The van der Waals surface area contributed by atoms with Crippen LogP contribution in [0.1, 0.15) is 18.1 Å². The van der Waals surface area contributed by atoms with Crippen molar-refractivity contribution in [2.75, 3.05) is 40.3 Å². The van der Waals surface area contributed by atoms with E-state index < -0.39 is 0 Å². The van der Waals surface area contributed by atoms with Crippen molar-refractivity contribution in [1.82, 2.24) is 4.90 Å². The number of rotatable bonds is 7. The zero-order chi connectivity index (χ0) is 20.8. The fourth-order valence-corrected chi connectivity index (χ4v) is 4.06. The summed E-state index contributed by atoms with van der Waals surface area (Å²) in [6.07, 6.45) is 0. The van der Waals surface area contributed by atoms with Crippen LogP contribution in [-0.4, -0.2) is 57.2 Å². The van der Waals surface area contributed by atoms with Gasteiger partial charge in [0.25, 0.3) is 5.91 Å². The van der Waals surface area contributed by atoms with Crippen LogP contribution < -0.4 is 14.5 Å². The van der Waals surface area contributed by atoms with Gasteiger partial charge in [-0.15, -0.1) is 0 Å². The Morgan fingerprint density at radius 2 is 1.79 bits per heavy atom. The smallest absolute Gasteiger partial charge is 0.280 e. The number of hydrogen-bond acceptors (Lipinski definition) is 2. The molecule has 1 saturated heterocycles. The first-order chi connectivity index (χ1) is 14.0. The molecule has 0 unspecified atom stereocenters. The molecule has 2 aromatic carbocycles. The average molecular weight is 402 g/mol. The molecular weight excluding hydrogens is 369 g/mol. The van der Waals surface area contributed by atoms with Crippen molar-refractivity contribution in [2.24, 2.45) is 0 Å². The highest BCUT2D eigenvalue weighted by Gasteiger charge is 2.32. The van der Waals surface area contributed by atoms with E-state index in [2.05, 4.69) is 12.1 Å². The molecule has 0 saturated carbocycles. The van der Waals surface area contributed by atoms with Crippen LogP contribution in [0, 0.1) is 5.82 Å². The van der Waals surface area contributed by atoms with Gasteiger partial charge in [0, 0.05) is 19.2 Å². The number of likely N-dealkylation sites (N-methyl/N-ethyl adjacent to an activating group) is 1. The molecule has 1 atom stereocenters. The Bertz CT molecular complexity index is 804. The van der Waals surface area contributed by atoms with Crippen LogP contribution in [0.3, 0.4) is 0 Å². The fraction of sp³-hybridized carbons (Fsp3) is 0.435. The van der Waals surface area contributed by atoms with Gasteiger partial charge in [0.05, 0.1) is 7.11 Å². The lowest BCUT2D eigenvalue weighted by Crippen LogP contribution is -3.29.